The molecule has 2 N–H and O–H groups in total. The van der Waals surface area contributed by atoms with Crippen molar-refractivity contribution in [1.82, 2.24) is 10.2 Å². The van der Waals surface area contributed by atoms with Gasteiger partial charge in [-0.25, -0.2) is 9.59 Å². The minimum absolute atomic E-state index is 0.264. The van der Waals surface area contributed by atoms with Gasteiger partial charge in [0.15, 0.2) is 6.29 Å². The van der Waals surface area contributed by atoms with Gasteiger partial charge in [-0.15, -0.1) is 0 Å². The van der Waals surface area contributed by atoms with Crippen molar-refractivity contribution in [3.63, 3.8) is 0 Å². The second-order valence-electron chi connectivity index (χ2n) is 8.40. The lowest BCUT2D eigenvalue weighted by atomic mass is 9.88. The summed E-state index contributed by atoms with van der Waals surface area (Å²) >= 11 is 0. The number of urea groups is 1. The number of likely N-dealkylation sites (tertiary alicyclic amines) is 1. The topological polar surface area (TPSA) is 89.1 Å². The zero-order chi connectivity index (χ0) is 22.1. The fraction of sp³-hybridized carbons (Fsp3) is 0.636. The van der Waals surface area contributed by atoms with Crippen LogP contribution >= 0.6 is 0 Å². The van der Waals surface area contributed by atoms with E-state index in [0.29, 0.717) is 26.1 Å². The largest absolute Gasteiger partial charge is 0.444 e. The molecule has 1 saturated heterocycles. The SMILES string of the molecule is COC(CCNC(=O)Nc1ccccc1C1CCN(C(=O)OC(C)(C)C)CC1)OC. The summed E-state index contributed by atoms with van der Waals surface area (Å²) in [5.74, 6) is 0.270. The summed E-state index contributed by atoms with van der Waals surface area (Å²) in [6, 6.07) is 7.55. The standard InChI is InChI=1S/C22H35N3O5/c1-22(2,3)30-21(27)25-14-11-16(12-15-25)17-8-6-7-9-18(17)24-20(26)23-13-10-19(28-4)29-5/h6-9,16,19H,10-15H2,1-5H3,(H2,23,24,26). The molecule has 0 unspecified atom stereocenters. The van der Waals surface area contributed by atoms with E-state index >= 15 is 0 Å². The minimum atomic E-state index is -0.496. The van der Waals surface area contributed by atoms with E-state index in [2.05, 4.69) is 10.6 Å². The first-order valence-corrected chi connectivity index (χ1v) is 10.4. The number of para-hydroxylation sites is 1. The first-order chi connectivity index (χ1) is 14.2. The molecular weight excluding hydrogens is 386 g/mol. The average molecular weight is 422 g/mol. The third kappa shape index (κ3) is 7.50. The van der Waals surface area contributed by atoms with Crippen LogP contribution in [0.1, 0.15) is 51.5 Å². The molecule has 0 saturated carbocycles. The Bertz CT molecular complexity index is 692. The maximum atomic E-state index is 12.3. The summed E-state index contributed by atoms with van der Waals surface area (Å²) in [5.41, 5.74) is 1.38. The van der Waals surface area contributed by atoms with E-state index in [1.165, 1.54) is 0 Å². The predicted octanol–water partition coefficient (Wildman–Crippen LogP) is 3.93. The third-order valence-corrected chi connectivity index (χ3v) is 4.99. The summed E-state index contributed by atoms with van der Waals surface area (Å²) in [7, 11) is 3.14. The highest BCUT2D eigenvalue weighted by Gasteiger charge is 2.28. The normalized spacial score (nSPS) is 15.2. The second-order valence-corrected chi connectivity index (χ2v) is 8.40. The number of hydrogen-bond donors (Lipinski definition) is 2. The van der Waals surface area contributed by atoms with Crippen molar-refractivity contribution in [3.05, 3.63) is 29.8 Å². The lowest BCUT2D eigenvalue weighted by Crippen LogP contribution is -2.41. The van der Waals surface area contributed by atoms with Crippen molar-refractivity contribution >= 4 is 17.8 Å². The Morgan fingerprint density at radius 3 is 2.37 bits per heavy atom. The van der Waals surface area contributed by atoms with Crippen molar-refractivity contribution in [2.75, 3.05) is 39.2 Å². The third-order valence-electron chi connectivity index (χ3n) is 4.99. The maximum absolute atomic E-state index is 12.3. The van der Waals surface area contributed by atoms with Crippen molar-refractivity contribution in [1.29, 1.82) is 0 Å². The number of nitrogens with one attached hydrogen (secondary N) is 2. The number of carbonyl (C=O) groups is 2. The van der Waals surface area contributed by atoms with Crippen LogP contribution < -0.4 is 10.6 Å². The lowest BCUT2D eigenvalue weighted by Gasteiger charge is -2.34. The molecule has 0 radical (unpaired) electrons. The quantitative estimate of drug-likeness (QED) is 0.651. The van der Waals surface area contributed by atoms with E-state index in [4.69, 9.17) is 14.2 Å². The molecular formula is C22H35N3O5. The zero-order valence-corrected chi connectivity index (χ0v) is 18.7. The molecule has 1 heterocycles. The Labute approximate surface area is 179 Å². The van der Waals surface area contributed by atoms with Crippen LogP contribution in [0.25, 0.3) is 0 Å². The van der Waals surface area contributed by atoms with Crippen LogP contribution in [0.15, 0.2) is 24.3 Å². The Balaban J connectivity index is 1.90. The first kappa shape index (κ1) is 24.0. The molecule has 1 fully saturated rings. The molecule has 1 aliphatic heterocycles. The molecule has 1 aromatic rings. The van der Waals surface area contributed by atoms with Crippen LogP contribution in [0, 0.1) is 0 Å². The fourth-order valence-electron chi connectivity index (χ4n) is 3.47. The number of amides is 3. The highest BCUT2D eigenvalue weighted by Crippen LogP contribution is 2.33. The number of piperidine rings is 1. The molecule has 0 aromatic heterocycles. The van der Waals surface area contributed by atoms with Gasteiger partial charge in [-0.2, -0.15) is 0 Å². The van der Waals surface area contributed by atoms with Crippen LogP contribution in [0.3, 0.4) is 0 Å². The van der Waals surface area contributed by atoms with Gasteiger partial charge in [0.1, 0.15) is 5.60 Å². The van der Waals surface area contributed by atoms with Crippen LogP contribution in [0.2, 0.25) is 0 Å². The minimum Gasteiger partial charge on any atom is -0.444 e. The van der Waals surface area contributed by atoms with Crippen molar-refractivity contribution in [3.8, 4) is 0 Å². The van der Waals surface area contributed by atoms with E-state index in [0.717, 1.165) is 24.1 Å². The van der Waals surface area contributed by atoms with Gasteiger partial charge < -0.3 is 29.7 Å². The Kier molecular flexibility index (Phi) is 8.92. The van der Waals surface area contributed by atoms with Gasteiger partial charge in [0.05, 0.1) is 0 Å². The van der Waals surface area contributed by atoms with Crippen LogP contribution in [-0.2, 0) is 14.2 Å². The molecule has 2 rings (SSSR count). The highest BCUT2D eigenvalue weighted by molar-refractivity contribution is 5.90. The van der Waals surface area contributed by atoms with Gasteiger partial charge in [-0.3, -0.25) is 0 Å². The fourth-order valence-corrected chi connectivity index (χ4v) is 3.47. The van der Waals surface area contributed by atoms with E-state index in [1.54, 1.807) is 19.1 Å². The molecule has 0 spiro atoms. The van der Waals surface area contributed by atoms with Gasteiger partial charge in [-0.05, 0) is 51.2 Å². The molecule has 0 aliphatic carbocycles. The van der Waals surface area contributed by atoms with Crippen LogP contribution in [0.4, 0.5) is 15.3 Å². The van der Waals surface area contributed by atoms with Crippen LogP contribution in [0.5, 0.6) is 0 Å². The molecule has 168 valence electrons. The molecule has 30 heavy (non-hydrogen) atoms. The van der Waals surface area contributed by atoms with Gasteiger partial charge in [-0.1, -0.05) is 18.2 Å². The number of anilines is 1. The smallest absolute Gasteiger partial charge is 0.410 e. The number of hydrogen-bond acceptors (Lipinski definition) is 5. The summed E-state index contributed by atoms with van der Waals surface area (Å²) in [5, 5.41) is 5.77. The van der Waals surface area contributed by atoms with E-state index < -0.39 is 5.60 Å². The number of carbonyl (C=O) groups excluding carboxylic acids is 2. The van der Waals surface area contributed by atoms with Crippen LogP contribution in [-0.4, -0.2) is 62.8 Å². The Morgan fingerprint density at radius 1 is 1.13 bits per heavy atom. The molecule has 1 aromatic carbocycles. The molecule has 8 nitrogen and oxygen atoms in total. The maximum Gasteiger partial charge on any atom is 0.410 e. The predicted molar refractivity (Wildman–Crippen MR) is 116 cm³/mol. The summed E-state index contributed by atoms with van der Waals surface area (Å²) in [6.07, 6.45) is 1.60. The Morgan fingerprint density at radius 2 is 1.77 bits per heavy atom. The summed E-state index contributed by atoms with van der Waals surface area (Å²) in [4.78, 5) is 26.3. The molecule has 0 bridgehead atoms. The molecule has 1 aliphatic rings. The number of nitrogens with zero attached hydrogens (tertiary/aromatic N) is 1. The van der Waals surface area contributed by atoms with Gasteiger partial charge in [0.2, 0.25) is 0 Å². The number of methoxy groups -OCH3 is 2. The first-order valence-electron chi connectivity index (χ1n) is 10.4. The number of rotatable bonds is 7. The lowest BCUT2D eigenvalue weighted by molar-refractivity contribution is -0.105. The van der Waals surface area contributed by atoms with Gasteiger partial charge in [0, 0.05) is 46.0 Å². The molecule has 3 amide bonds. The van der Waals surface area contributed by atoms with Gasteiger partial charge >= 0.3 is 12.1 Å². The average Bonchev–Trinajstić information content (AvgIpc) is 2.70. The van der Waals surface area contributed by atoms with Crippen molar-refractivity contribution in [2.45, 2.75) is 57.8 Å². The second kappa shape index (κ2) is 11.2. The monoisotopic (exact) mass is 421 g/mol. The zero-order valence-electron chi connectivity index (χ0n) is 18.7. The number of ether oxygens (including phenoxy) is 3. The summed E-state index contributed by atoms with van der Waals surface area (Å²) < 4.78 is 15.7. The highest BCUT2D eigenvalue weighted by atomic mass is 16.7. The van der Waals surface area contributed by atoms with E-state index in [-0.39, 0.29) is 24.3 Å². The van der Waals surface area contributed by atoms with E-state index in [9.17, 15) is 9.59 Å². The van der Waals surface area contributed by atoms with Crippen molar-refractivity contribution < 1.29 is 23.8 Å². The molecule has 8 heteroatoms. The van der Waals surface area contributed by atoms with Crippen molar-refractivity contribution in [2.24, 2.45) is 0 Å². The van der Waals surface area contributed by atoms with E-state index in [1.807, 2.05) is 45.0 Å². The molecule has 0 atom stereocenters. The summed E-state index contributed by atoms with van der Waals surface area (Å²) in [6.45, 7) is 7.32. The van der Waals surface area contributed by atoms with Gasteiger partial charge in [0.25, 0.3) is 0 Å². The number of benzene rings is 1. The Hall–Kier alpha value is -2.32.